The van der Waals surface area contributed by atoms with Crippen molar-refractivity contribution in [3.05, 3.63) is 65.0 Å². The summed E-state index contributed by atoms with van der Waals surface area (Å²) in [6, 6.07) is 3.00. The molecule has 32 heavy (non-hydrogen) atoms. The first-order valence-electron chi connectivity index (χ1n) is 10.2. The van der Waals surface area contributed by atoms with Crippen LogP contribution in [0.3, 0.4) is 0 Å². The molecule has 1 saturated carbocycles. The number of hydrogen-bond donors (Lipinski definition) is 1. The number of halogens is 3. The minimum atomic E-state index is -2.96. The van der Waals surface area contributed by atoms with Gasteiger partial charge < -0.3 is 18.7 Å². The van der Waals surface area contributed by atoms with Crippen molar-refractivity contribution in [2.45, 2.75) is 37.6 Å². The van der Waals surface area contributed by atoms with Gasteiger partial charge in [0.05, 0.1) is 12.0 Å². The summed E-state index contributed by atoms with van der Waals surface area (Å²) in [5.41, 5.74) is 1.21. The fourth-order valence-corrected chi connectivity index (χ4v) is 4.07. The number of amides is 1. The second-order valence-electron chi connectivity index (χ2n) is 7.92. The standard InChI is InChI=1S/C21H16F3N5O3/c22-10-3-4-13-12(7-10)27-20(31-13)16-14-11(25-8-26-14)5-6-29(16)21(30)17-15(18(23)24)28-19(32-17)9-1-2-9/h3-4,7-9,16,18H,1-2,5-6H2,(H,25,26)/t16-/m0/s1. The van der Waals surface area contributed by atoms with E-state index in [9.17, 15) is 18.0 Å². The van der Waals surface area contributed by atoms with Gasteiger partial charge in [-0.2, -0.15) is 0 Å². The zero-order valence-electron chi connectivity index (χ0n) is 16.5. The van der Waals surface area contributed by atoms with E-state index in [4.69, 9.17) is 8.83 Å². The minimum absolute atomic E-state index is 0.0314. The lowest BCUT2D eigenvalue weighted by molar-refractivity contribution is 0.0618. The molecule has 0 unspecified atom stereocenters. The smallest absolute Gasteiger partial charge is 0.292 e. The topological polar surface area (TPSA) is 101 Å². The van der Waals surface area contributed by atoms with Crippen molar-refractivity contribution in [2.24, 2.45) is 0 Å². The lowest BCUT2D eigenvalue weighted by Gasteiger charge is -2.32. The number of oxazole rings is 2. The molecule has 1 aliphatic heterocycles. The third kappa shape index (κ3) is 2.99. The number of imidazole rings is 1. The third-order valence-electron chi connectivity index (χ3n) is 5.78. The number of hydrogen-bond acceptors (Lipinski definition) is 6. The number of nitrogens with one attached hydrogen (secondary N) is 1. The van der Waals surface area contributed by atoms with Crippen molar-refractivity contribution in [1.29, 1.82) is 0 Å². The molecular weight excluding hydrogens is 427 g/mol. The summed E-state index contributed by atoms with van der Waals surface area (Å²) in [5, 5.41) is 0. The van der Waals surface area contributed by atoms with Crippen LogP contribution in [0.1, 0.15) is 70.6 Å². The first-order chi connectivity index (χ1) is 15.5. The van der Waals surface area contributed by atoms with Crippen LogP contribution in [0.2, 0.25) is 0 Å². The molecule has 164 valence electrons. The molecule has 1 N–H and O–H groups in total. The van der Waals surface area contributed by atoms with Gasteiger partial charge in [0, 0.05) is 30.6 Å². The number of benzene rings is 1. The van der Waals surface area contributed by atoms with Gasteiger partial charge >= 0.3 is 0 Å². The number of nitrogens with zero attached hydrogens (tertiary/aromatic N) is 4. The Labute approximate surface area is 178 Å². The van der Waals surface area contributed by atoms with E-state index >= 15 is 0 Å². The normalized spacial score (nSPS) is 18.5. The molecule has 4 aromatic rings. The van der Waals surface area contributed by atoms with Crippen LogP contribution in [-0.2, 0) is 6.42 Å². The van der Waals surface area contributed by atoms with E-state index in [0.717, 1.165) is 18.5 Å². The number of carbonyl (C=O) groups is 1. The Balaban J connectivity index is 1.45. The molecule has 1 atom stereocenters. The number of carbonyl (C=O) groups excluding carboxylic acids is 1. The number of rotatable bonds is 4. The zero-order valence-corrected chi connectivity index (χ0v) is 16.5. The van der Waals surface area contributed by atoms with Crippen LogP contribution in [0, 0.1) is 5.82 Å². The van der Waals surface area contributed by atoms with Gasteiger partial charge in [0.25, 0.3) is 12.3 Å². The van der Waals surface area contributed by atoms with Crippen LogP contribution >= 0.6 is 0 Å². The molecule has 4 heterocycles. The third-order valence-corrected chi connectivity index (χ3v) is 5.78. The summed E-state index contributed by atoms with van der Waals surface area (Å²) in [4.78, 5) is 30.4. The average Bonchev–Trinajstić information content (AvgIpc) is 3.19. The zero-order chi connectivity index (χ0) is 22.0. The van der Waals surface area contributed by atoms with Gasteiger partial charge in [-0.3, -0.25) is 4.79 Å². The Morgan fingerprint density at radius 1 is 1.19 bits per heavy atom. The van der Waals surface area contributed by atoms with Gasteiger partial charge in [0.1, 0.15) is 11.3 Å². The number of aromatic nitrogens is 4. The molecule has 6 rings (SSSR count). The quantitative estimate of drug-likeness (QED) is 0.505. The highest BCUT2D eigenvalue weighted by atomic mass is 19.3. The SMILES string of the molecule is O=C(c1oc(C2CC2)nc1C(F)F)N1CCc2[nH]cnc2[C@H]1c1nc2cc(F)ccc2o1. The predicted octanol–water partition coefficient (Wildman–Crippen LogP) is 4.28. The fraction of sp³-hybridized carbons (Fsp3) is 0.333. The van der Waals surface area contributed by atoms with Crippen molar-refractivity contribution < 1.29 is 26.8 Å². The number of fused-ring (bicyclic) bond motifs is 2. The Hall–Kier alpha value is -3.63. The Kier molecular flexibility index (Phi) is 4.14. The maximum atomic E-state index is 13.7. The molecule has 1 aromatic carbocycles. The second kappa shape index (κ2) is 6.94. The van der Waals surface area contributed by atoms with Gasteiger partial charge in [-0.1, -0.05) is 0 Å². The van der Waals surface area contributed by atoms with Crippen molar-refractivity contribution >= 4 is 17.0 Å². The van der Waals surface area contributed by atoms with Crippen molar-refractivity contribution in [2.75, 3.05) is 6.54 Å². The van der Waals surface area contributed by atoms with Crippen LogP contribution in [0.15, 0.2) is 33.4 Å². The lowest BCUT2D eigenvalue weighted by atomic mass is 10.0. The predicted molar refractivity (Wildman–Crippen MR) is 103 cm³/mol. The summed E-state index contributed by atoms with van der Waals surface area (Å²) in [6.07, 6.45) is 0.540. The summed E-state index contributed by atoms with van der Waals surface area (Å²) in [6.45, 7) is 0.188. The van der Waals surface area contributed by atoms with Crippen molar-refractivity contribution in [3.63, 3.8) is 0 Å². The molecule has 0 spiro atoms. The molecule has 1 amide bonds. The summed E-state index contributed by atoms with van der Waals surface area (Å²) in [5.74, 6) is -1.47. The van der Waals surface area contributed by atoms with Gasteiger partial charge in [0.2, 0.25) is 11.7 Å². The summed E-state index contributed by atoms with van der Waals surface area (Å²) < 4.78 is 52.3. The van der Waals surface area contributed by atoms with Gasteiger partial charge in [0.15, 0.2) is 23.2 Å². The van der Waals surface area contributed by atoms with Crippen LogP contribution in [0.4, 0.5) is 13.2 Å². The van der Waals surface area contributed by atoms with Crippen molar-refractivity contribution in [3.8, 4) is 0 Å². The largest absolute Gasteiger partial charge is 0.438 e. The molecule has 1 fully saturated rings. The van der Waals surface area contributed by atoms with Gasteiger partial charge in [-0.25, -0.2) is 28.1 Å². The Morgan fingerprint density at radius 3 is 2.81 bits per heavy atom. The maximum Gasteiger partial charge on any atom is 0.292 e. The molecule has 2 aliphatic rings. The molecule has 0 saturated heterocycles. The molecule has 3 aromatic heterocycles. The molecule has 11 heteroatoms. The van der Waals surface area contributed by atoms with Crippen LogP contribution in [-0.4, -0.2) is 37.3 Å². The molecular formula is C21H16F3N5O3. The molecule has 1 aliphatic carbocycles. The van der Waals surface area contributed by atoms with E-state index in [-0.39, 0.29) is 29.8 Å². The van der Waals surface area contributed by atoms with Crippen LogP contribution in [0.25, 0.3) is 11.1 Å². The monoisotopic (exact) mass is 443 g/mol. The number of H-pyrrole nitrogens is 1. The van der Waals surface area contributed by atoms with E-state index in [1.807, 2.05) is 0 Å². The molecule has 8 nitrogen and oxygen atoms in total. The van der Waals surface area contributed by atoms with Crippen LogP contribution < -0.4 is 0 Å². The van der Waals surface area contributed by atoms with E-state index in [2.05, 4.69) is 19.9 Å². The molecule has 0 radical (unpaired) electrons. The van der Waals surface area contributed by atoms with E-state index < -0.39 is 35.6 Å². The van der Waals surface area contributed by atoms with Gasteiger partial charge in [-0.05, 0) is 25.0 Å². The Bertz CT molecular complexity index is 1340. The summed E-state index contributed by atoms with van der Waals surface area (Å²) in [7, 11) is 0. The van der Waals surface area contributed by atoms with E-state index in [1.165, 1.54) is 29.4 Å². The summed E-state index contributed by atoms with van der Waals surface area (Å²) >= 11 is 0. The highest BCUT2D eigenvalue weighted by molar-refractivity contribution is 5.93. The Morgan fingerprint density at radius 2 is 2.03 bits per heavy atom. The lowest BCUT2D eigenvalue weighted by Crippen LogP contribution is -2.41. The number of aromatic amines is 1. The molecule has 0 bridgehead atoms. The van der Waals surface area contributed by atoms with E-state index in [1.54, 1.807) is 0 Å². The maximum absolute atomic E-state index is 13.7. The average molecular weight is 443 g/mol. The first kappa shape index (κ1) is 19.1. The fourth-order valence-electron chi connectivity index (χ4n) is 4.07. The highest BCUT2D eigenvalue weighted by Crippen LogP contribution is 2.42. The second-order valence-corrected chi connectivity index (χ2v) is 7.92. The van der Waals surface area contributed by atoms with Gasteiger partial charge in [-0.15, -0.1) is 0 Å². The first-order valence-corrected chi connectivity index (χ1v) is 10.2. The van der Waals surface area contributed by atoms with E-state index in [0.29, 0.717) is 17.7 Å². The number of alkyl halides is 2. The van der Waals surface area contributed by atoms with Crippen molar-refractivity contribution in [1.82, 2.24) is 24.8 Å². The highest BCUT2D eigenvalue weighted by Gasteiger charge is 2.42. The minimum Gasteiger partial charge on any atom is -0.438 e. The van der Waals surface area contributed by atoms with Crippen LogP contribution in [0.5, 0.6) is 0 Å².